The van der Waals surface area contributed by atoms with Crippen LogP contribution in [0.5, 0.6) is 0 Å². The summed E-state index contributed by atoms with van der Waals surface area (Å²) in [4.78, 5) is 11.4. The number of nitrogens with one attached hydrogen (secondary N) is 2. The first-order valence-corrected chi connectivity index (χ1v) is 8.19. The van der Waals surface area contributed by atoms with Crippen LogP contribution in [-0.2, 0) is 4.79 Å². The molecule has 0 aromatic rings. The summed E-state index contributed by atoms with van der Waals surface area (Å²) in [5.41, 5.74) is 8.84. The summed E-state index contributed by atoms with van der Waals surface area (Å²) in [5.74, 6) is 0.0436. The van der Waals surface area contributed by atoms with E-state index in [-0.39, 0.29) is 11.8 Å². The quantitative estimate of drug-likeness (QED) is 0.821. The van der Waals surface area contributed by atoms with E-state index in [1.165, 1.54) is 0 Å². The highest BCUT2D eigenvalue weighted by molar-refractivity contribution is 6.32. The molecule has 5 nitrogen and oxygen atoms in total. The molecule has 0 aromatic carbocycles. The molecule has 3 aliphatic rings. The fourth-order valence-electron chi connectivity index (χ4n) is 2.65. The maximum absolute atomic E-state index is 11.4. The van der Waals surface area contributed by atoms with Gasteiger partial charge in [-0.15, -0.1) is 0 Å². The Hall–Kier alpha value is -1.59. The number of hydrogen-bond donors (Lipinski definition) is 2. The number of allylic oxidation sites excluding steroid dienone is 3. The van der Waals surface area contributed by atoms with Gasteiger partial charge in [0.25, 0.3) is 0 Å². The zero-order chi connectivity index (χ0) is 16.3. The van der Waals surface area contributed by atoms with E-state index in [0.717, 1.165) is 23.4 Å². The molecule has 0 aliphatic carbocycles. The average Bonchev–Trinajstić information content (AvgIpc) is 2.91. The molecule has 0 saturated heterocycles. The SMILES string of the molecule is CC.CCC1C=C2C(C3=NNC(=O)CC3C)=CC(Cl)=CN2N1. The average molecular weight is 323 g/mol. The molecule has 0 saturated carbocycles. The molecule has 0 radical (unpaired) electrons. The van der Waals surface area contributed by atoms with E-state index in [1.807, 2.05) is 38.1 Å². The molecule has 2 unspecified atom stereocenters. The van der Waals surface area contributed by atoms with E-state index >= 15 is 0 Å². The smallest absolute Gasteiger partial charge is 0.240 e. The number of carbonyl (C=O) groups is 1. The van der Waals surface area contributed by atoms with Crippen molar-refractivity contribution in [3.05, 3.63) is 34.7 Å². The van der Waals surface area contributed by atoms with Crippen LogP contribution < -0.4 is 10.9 Å². The topological polar surface area (TPSA) is 56.7 Å². The van der Waals surface area contributed by atoms with Crippen molar-refractivity contribution in [1.29, 1.82) is 0 Å². The van der Waals surface area contributed by atoms with Gasteiger partial charge in [0.15, 0.2) is 0 Å². The predicted molar refractivity (Wildman–Crippen MR) is 89.9 cm³/mol. The predicted octanol–water partition coefficient (Wildman–Crippen LogP) is 3.03. The molecular formula is C16H23ClN4O. The van der Waals surface area contributed by atoms with Gasteiger partial charge >= 0.3 is 0 Å². The summed E-state index contributed by atoms with van der Waals surface area (Å²) in [6, 6.07) is 0.293. The number of fused-ring (bicyclic) bond motifs is 1. The van der Waals surface area contributed by atoms with Crippen molar-refractivity contribution in [3.63, 3.8) is 0 Å². The Morgan fingerprint density at radius 2 is 2.18 bits per heavy atom. The Balaban J connectivity index is 0.000000847. The zero-order valence-corrected chi connectivity index (χ0v) is 14.2. The summed E-state index contributed by atoms with van der Waals surface area (Å²) in [6.07, 6.45) is 7.40. The van der Waals surface area contributed by atoms with Crippen LogP contribution in [0.3, 0.4) is 0 Å². The van der Waals surface area contributed by atoms with E-state index in [2.05, 4.69) is 29.0 Å². The van der Waals surface area contributed by atoms with Gasteiger partial charge < -0.3 is 0 Å². The van der Waals surface area contributed by atoms with Crippen LogP contribution in [0.4, 0.5) is 0 Å². The summed E-state index contributed by atoms with van der Waals surface area (Å²) in [7, 11) is 0. The Kier molecular flexibility index (Phi) is 5.42. The second-order valence-electron chi connectivity index (χ2n) is 5.27. The molecule has 2 N–H and O–H groups in total. The fraction of sp³-hybridized carbons (Fsp3) is 0.500. The van der Waals surface area contributed by atoms with Crippen molar-refractivity contribution >= 4 is 23.2 Å². The van der Waals surface area contributed by atoms with Crippen LogP contribution in [0.25, 0.3) is 0 Å². The van der Waals surface area contributed by atoms with Crippen LogP contribution in [0.1, 0.15) is 40.5 Å². The van der Waals surface area contributed by atoms with Gasteiger partial charge in [-0.2, -0.15) is 5.10 Å². The molecule has 0 spiro atoms. The van der Waals surface area contributed by atoms with Crippen molar-refractivity contribution in [3.8, 4) is 0 Å². The molecule has 22 heavy (non-hydrogen) atoms. The first-order valence-electron chi connectivity index (χ1n) is 7.82. The minimum atomic E-state index is -0.0406. The number of carbonyl (C=O) groups excluding carboxylic acids is 1. The molecule has 3 rings (SSSR count). The maximum Gasteiger partial charge on any atom is 0.240 e. The van der Waals surface area contributed by atoms with E-state index in [9.17, 15) is 4.79 Å². The highest BCUT2D eigenvalue weighted by atomic mass is 35.5. The third kappa shape index (κ3) is 3.25. The van der Waals surface area contributed by atoms with Crippen molar-refractivity contribution in [1.82, 2.24) is 15.9 Å². The molecular weight excluding hydrogens is 300 g/mol. The molecule has 0 bridgehead atoms. The van der Waals surface area contributed by atoms with Gasteiger partial charge in [0.2, 0.25) is 5.91 Å². The van der Waals surface area contributed by atoms with Gasteiger partial charge in [0.05, 0.1) is 16.4 Å². The lowest BCUT2D eigenvalue weighted by Crippen LogP contribution is -2.37. The van der Waals surface area contributed by atoms with Crippen LogP contribution >= 0.6 is 11.6 Å². The second-order valence-corrected chi connectivity index (χ2v) is 5.71. The first kappa shape index (κ1) is 16.8. The lowest BCUT2D eigenvalue weighted by Gasteiger charge is -2.28. The van der Waals surface area contributed by atoms with Crippen molar-refractivity contribution in [2.45, 2.75) is 46.6 Å². The molecule has 0 fully saturated rings. The standard InChI is InChI=1S/C14H17ClN4O.C2H6/c1-3-10-6-12-11(5-9(15)7-19(12)18-10)14-8(2)4-13(20)16-17-14;1-2/h5-8,10,18H,3-4H2,1-2H3,(H,16,20);1-2H3. The third-order valence-corrected chi connectivity index (χ3v) is 3.92. The maximum atomic E-state index is 11.4. The molecule has 120 valence electrons. The number of nitrogens with zero attached hydrogens (tertiary/aromatic N) is 2. The van der Waals surface area contributed by atoms with Gasteiger partial charge in [-0.25, -0.2) is 10.9 Å². The van der Waals surface area contributed by atoms with E-state index < -0.39 is 0 Å². The van der Waals surface area contributed by atoms with Gasteiger partial charge in [0.1, 0.15) is 0 Å². The monoisotopic (exact) mass is 322 g/mol. The highest BCUT2D eigenvalue weighted by Gasteiger charge is 2.32. The van der Waals surface area contributed by atoms with Crippen molar-refractivity contribution < 1.29 is 4.79 Å². The number of amides is 1. The number of rotatable bonds is 2. The fourth-order valence-corrected chi connectivity index (χ4v) is 2.85. The number of hydrazine groups is 1. The lowest BCUT2D eigenvalue weighted by molar-refractivity contribution is -0.121. The lowest BCUT2D eigenvalue weighted by atomic mass is 9.90. The van der Waals surface area contributed by atoms with Crippen molar-refractivity contribution in [2.75, 3.05) is 0 Å². The zero-order valence-electron chi connectivity index (χ0n) is 13.5. The molecule has 6 heteroatoms. The summed E-state index contributed by atoms with van der Waals surface area (Å²) < 4.78 is 0. The first-order chi connectivity index (χ1) is 10.6. The summed E-state index contributed by atoms with van der Waals surface area (Å²) in [5, 5.41) is 6.82. The highest BCUT2D eigenvalue weighted by Crippen LogP contribution is 2.32. The Morgan fingerprint density at radius 3 is 2.82 bits per heavy atom. The molecule has 0 aromatic heterocycles. The van der Waals surface area contributed by atoms with Crippen molar-refractivity contribution in [2.24, 2.45) is 11.0 Å². The Bertz CT molecular complexity index is 577. The van der Waals surface area contributed by atoms with Crippen LogP contribution in [-0.4, -0.2) is 22.7 Å². The second kappa shape index (κ2) is 7.11. The Morgan fingerprint density at radius 1 is 1.45 bits per heavy atom. The van der Waals surface area contributed by atoms with Crippen LogP contribution in [0, 0.1) is 5.92 Å². The third-order valence-electron chi connectivity index (χ3n) is 3.71. The van der Waals surface area contributed by atoms with Gasteiger partial charge in [-0.1, -0.05) is 39.3 Å². The summed E-state index contributed by atoms with van der Waals surface area (Å²) >= 11 is 6.20. The van der Waals surface area contributed by atoms with Crippen LogP contribution in [0.2, 0.25) is 0 Å². The van der Waals surface area contributed by atoms with E-state index in [0.29, 0.717) is 17.5 Å². The molecule has 1 amide bonds. The van der Waals surface area contributed by atoms with Crippen LogP contribution in [0.15, 0.2) is 39.8 Å². The van der Waals surface area contributed by atoms with Gasteiger partial charge in [-0.05, 0) is 18.6 Å². The molecule has 3 heterocycles. The largest absolute Gasteiger partial charge is 0.282 e. The van der Waals surface area contributed by atoms with Gasteiger partial charge in [-0.3, -0.25) is 9.80 Å². The van der Waals surface area contributed by atoms with E-state index in [1.54, 1.807) is 0 Å². The molecule has 3 aliphatic heterocycles. The minimum absolute atomic E-state index is 0.0406. The summed E-state index contributed by atoms with van der Waals surface area (Å²) in [6.45, 7) is 8.14. The Labute approximate surface area is 136 Å². The van der Waals surface area contributed by atoms with Gasteiger partial charge in [0, 0.05) is 30.2 Å². The normalized spacial score (nSPS) is 26.8. The number of hydrogen-bond acceptors (Lipinski definition) is 4. The molecule has 2 atom stereocenters. The van der Waals surface area contributed by atoms with E-state index in [4.69, 9.17) is 11.6 Å². The number of hydrazone groups is 1. The number of halogens is 1. The minimum Gasteiger partial charge on any atom is -0.282 e.